The number of sulfone groups is 1. The third-order valence-corrected chi connectivity index (χ3v) is 5.40. The Morgan fingerprint density at radius 2 is 1.64 bits per heavy atom. The molecule has 0 aliphatic rings. The molecule has 7 heteroatoms. The fourth-order valence-corrected chi connectivity index (χ4v) is 3.34. The number of carbonyl (C=O) groups excluding carboxylic acids is 2. The molecule has 0 fully saturated rings. The van der Waals surface area contributed by atoms with E-state index in [-0.39, 0.29) is 22.4 Å². The Morgan fingerprint density at radius 3 is 2.18 bits per heavy atom. The zero-order valence-electron chi connectivity index (χ0n) is 16.2. The minimum atomic E-state index is -3.34. The Morgan fingerprint density at radius 1 is 1.04 bits per heavy atom. The van der Waals surface area contributed by atoms with Crippen molar-refractivity contribution >= 4 is 21.7 Å². The number of esters is 1. The summed E-state index contributed by atoms with van der Waals surface area (Å²) in [4.78, 5) is 24.8. The second-order valence-electron chi connectivity index (χ2n) is 6.60. The molecule has 2 aromatic rings. The molecule has 0 saturated carbocycles. The molecule has 0 radical (unpaired) electrons. The van der Waals surface area contributed by atoms with E-state index in [0.29, 0.717) is 0 Å². The summed E-state index contributed by atoms with van der Waals surface area (Å²) in [5.41, 5.74) is 1.17. The highest BCUT2D eigenvalue weighted by Gasteiger charge is 2.22. The Hall–Kier alpha value is -2.67. The highest BCUT2D eigenvalue weighted by atomic mass is 32.2. The van der Waals surface area contributed by atoms with Crippen LogP contribution in [-0.4, -0.2) is 32.7 Å². The molecule has 2 atom stereocenters. The largest absolute Gasteiger partial charge is 0.449 e. The fraction of sp³-hybridized carbons (Fsp3) is 0.333. The SMILES string of the molecule is CCC[C@H](NC(=O)[C@H](C)OC(=O)c1ccc(S(C)(=O)=O)cc1)c1ccccc1. The topological polar surface area (TPSA) is 89.5 Å². The standard InChI is InChI=1S/C21H25NO5S/c1-4-8-19(16-9-6-5-7-10-16)22-20(23)15(2)27-21(24)17-11-13-18(14-12-17)28(3,25)26/h5-7,9-15,19H,4,8H2,1-3H3,(H,22,23)/t15-,19-/m0/s1. The summed E-state index contributed by atoms with van der Waals surface area (Å²) in [7, 11) is -3.34. The average Bonchev–Trinajstić information content (AvgIpc) is 2.67. The van der Waals surface area contributed by atoms with Crippen LogP contribution in [0.5, 0.6) is 0 Å². The minimum Gasteiger partial charge on any atom is -0.449 e. The summed E-state index contributed by atoms with van der Waals surface area (Å²) in [5, 5.41) is 2.92. The van der Waals surface area contributed by atoms with E-state index in [1.807, 2.05) is 37.3 Å². The van der Waals surface area contributed by atoms with Crippen molar-refractivity contribution in [3.63, 3.8) is 0 Å². The molecule has 0 spiro atoms. The Kier molecular flexibility index (Phi) is 7.34. The van der Waals surface area contributed by atoms with Crippen LogP contribution in [-0.2, 0) is 19.4 Å². The lowest BCUT2D eigenvalue weighted by Crippen LogP contribution is -2.38. The van der Waals surface area contributed by atoms with Crippen molar-refractivity contribution in [2.75, 3.05) is 6.26 Å². The first-order valence-electron chi connectivity index (χ1n) is 9.08. The normalized spacial score (nSPS) is 13.4. The van der Waals surface area contributed by atoms with Gasteiger partial charge in [0.2, 0.25) is 0 Å². The maximum Gasteiger partial charge on any atom is 0.338 e. The van der Waals surface area contributed by atoms with E-state index in [0.717, 1.165) is 24.7 Å². The Bertz CT molecular complexity index is 908. The number of ether oxygens (including phenoxy) is 1. The smallest absolute Gasteiger partial charge is 0.338 e. The van der Waals surface area contributed by atoms with Crippen LogP contribution in [0.2, 0.25) is 0 Å². The van der Waals surface area contributed by atoms with E-state index < -0.39 is 21.9 Å². The summed E-state index contributed by atoms with van der Waals surface area (Å²) in [6.07, 6.45) is 1.76. The van der Waals surface area contributed by atoms with Crippen LogP contribution >= 0.6 is 0 Å². The molecule has 0 heterocycles. The zero-order valence-corrected chi connectivity index (χ0v) is 17.0. The zero-order chi connectivity index (χ0) is 20.7. The second-order valence-corrected chi connectivity index (χ2v) is 8.62. The molecular formula is C21H25NO5S. The van der Waals surface area contributed by atoms with E-state index in [9.17, 15) is 18.0 Å². The third kappa shape index (κ3) is 5.92. The van der Waals surface area contributed by atoms with Gasteiger partial charge in [0.05, 0.1) is 16.5 Å². The maximum absolute atomic E-state index is 12.5. The summed E-state index contributed by atoms with van der Waals surface area (Å²) in [5.74, 6) is -1.07. The van der Waals surface area contributed by atoms with E-state index >= 15 is 0 Å². The van der Waals surface area contributed by atoms with Gasteiger partial charge in [0.25, 0.3) is 5.91 Å². The molecule has 0 aromatic heterocycles. The van der Waals surface area contributed by atoms with Crippen LogP contribution in [0.15, 0.2) is 59.5 Å². The molecule has 28 heavy (non-hydrogen) atoms. The van der Waals surface area contributed by atoms with Gasteiger partial charge in [-0.05, 0) is 43.2 Å². The van der Waals surface area contributed by atoms with Gasteiger partial charge in [0, 0.05) is 6.26 Å². The number of nitrogens with one attached hydrogen (secondary N) is 1. The molecule has 0 unspecified atom stereocenters. The first kappa shape index (κ1) is 21.6. The van der Waals surface area contributed by atoms with Crippen molar-refractivity contribution in [2.45, 2.75) is 43.7 Å². The predicted molar refractivity (Wildman–Crippen MR) is 107 cm³/mol. The van der Waals surface area contributed by atoms with Crippen LogP contribution in [0.25, 0.3) is 0 Å². The first-order chi connectivity index (χ1) is 13.2. The van der Waals surface area contributed by atoms with Gasteiger partial charge >= 0.3 is 5.97 Å². The number of rotatable bonds is 8. The molecule has 1 N–H and O–H groups in total. The fourth-order valence-electron chi connectivity index (χ4n) is 2.71. The van der Waals surface area contributed by atoms with E-state index in [1.54, 1.807) is 0 Å². The van der Waals surface area contributed by atoms with Crippen LogP contribution in [0.3, 0.4) is 0 Å². The van der Waals surface area contributed by atoms with Gasteiger partial charge in [-0.2, -0.15) is 0 Å². The van der Waals surface area contributed by atoms with E-state index in [4.69, 9.17) is 4.74 Å². The molecule has 0 aliphatic heterocycles. The predicted octanol–water partition coefficient (Wildman–Crippen LogP) is 3.29. The Labute approximate surface area is 165 Å². The van der Waals surface area contributed by atoms with Crippen LogP contribution in [0, 0.1) is 0 Å². The van der Waals surface area contributed by atoms with Gasteiger partial charge in [-0.3, -0.25) is 4.79 Å². The van der Waals surface area contributed by atoms with Crippen LogP contribution in [0.1, 0.15) is 48.7 Å². The maximum atomic E-state index is 12.5. The summed E-state index contributed by atoms with van der Waals surface area (Å²) in [6, 6.07) is 14.9. The van der Waals surface area contributed by atoms with Gasteiger partial charge in [-0.1, -0.05) is 43.7 Å². The molecule has 0 aliphatic carbocycles. The molecule has 150 valence electrons. The highest BCUT2D eigenvalue weighted by Crippen LogP contribution is 2.19. The van der Waals surface area contributed by atoms with E-state index in [1.165, 1.54) is 31.2 Å². The van der Waals surface area contributed by atoms with Gasteiger partial charge < -0.3 is 10.1 Å². The van der Waals surface area contributed by atoms with Crippen molar-refractivity contribution < 1.29 is 22.7 Å². The molecule has 2 rings (SSSR count). The third-order valence-electron chi connectivity index (χ3n) is 4.27. The Balaban J connectivity index is 2.01. The van der Waals surface area contributed by atoms with Crippen molar-refractivity contribution in [3.05, 3.63) is 65.7 Å². The molecule has 0 bridgehead atoms. The number of amides is 1. The quantitative estimate of drug-likeness (QED) is 0.683. The first-order valence-corrected chi connectivity index (χ1v) is 11.0. The van der Waals surface area contributed by atoms with Crippen LogP contribution in [0.4, 0.5) is 0 Å². The highest BCUT2D eigenvalue weighted by molar-refractivity contribution is 7.90. The lowest BCUT2D eigenvalue weighted by atomic mass is 10.0. The number of hydrogen-bond donors (Lipinski definition) is 1. The van der Waals surface area contributed by atoms with Crippen molar-refractivity contribution in [1.82, 2.24) is 5.32 Å². The van der Waals surface area contributed by atoms with Crippen molar-refractivity contribution in [1.29, 1.82) is 0 Å². The lowest BCUT2D eigenvalue weighted by molar-refractivity contribution is -0.129. The van der Waals surface area contributed by atoms with Gasteiger partial charge in [-0.25, -0.2) is 13.2 Å². The average molecular weight is 404 g/mol. The van der Waals surface area contributed by atoms with Crippen LogP contribution < -0.4 is 5.32 Å². The van der Waals surface area contributed by atoms with Gasteiger partial charge in [0.1, 0.15) is 0 Å². The minimum absolute atomic E-state index is 0.111. The molecule has 2 aromatic carbocycles. The summed E-state index contributed by atoms with van der Waals surface area (Å²) in [6.45, 7) is 3.54. The van der Waals surface area contributed by atoms with E-state index in [2.05, 4.69) is 5.32 Å². The summed E-state index contributed by atoms with van der Waals surface area (Å²) < 4.78 is 28.2. The summed E-state index contributed by atoms with van der Waals surface area (Å²) >= 11 is 0. The van der Waals surface area contributed by atoms with Gasteiger partial charge in [-0.15, -0.1) is 0 Å². The van der Waals surface area contributed by atoms with Gasteiger partial charge in [0.15, 0.2) is 15.9 Å². The number of hydrogen-bond acceptors (Lipinski definition) is 5. The molecule has 6 nitrogen and oxygen atoms in total. The monoisotopic (exact) mass is 403 g/mol. The molecule has 0 saturated heterocycles. The number of benzene rings is 2. The molecular weight excluding hydrogens is 378 g/mol. The van der Waals surface area contributed by atoms with Crippen molar-refractivity contribution in [2.24, 2.45) is 0 Å². The molecule has 1 amide bonds. The lowest BCUT2D eigenvalue weighted by Gasteiger charge is -2.21. The second kappa shape index (κ2) is 9.50. The number of carbonyl (C=O) groups is 2. The van der Waals surface area contributed by atoms with Crippen molar-refractivity contribution in [3.8, 4) is 0 Å².